The number of amides is 1. The molecule has 0 saturated carbocycles. The summed E-state index contributed by atoms with van der Waals surface area (Å²) in [7, 11) is -1.94. The third-order valence-corrected chi connectivity index (χ3v) is 6.52. The highest BCUT2D eigenvalue weighted by Gasteiger charge is 2.31. The molecule has 1 amide bonds. The van der Waals surface area contributed by atoms with Crippen LogP contribution in [-0.4, -0.2) is 64.6 Å². The van der Waals surface area contributed by atoms with E-state index in [-0.39, 0.29) is 29.3 Å². The van der Waals surface area contributed by atoms with E-state index < -0.39 is 10.0 Å². The van der Waals surface area contributed by atoms with Crippen molar-refractivity contribution in [1.82, 2.24) is 14.9 Å². The molecule has 1 aliphatic rings. The number of piperidine rings is 1. The maximum atomic E-state index is 12.9. The number of hydrogen-bond acceptors (Lipinski definition) is 5. The van der Waals surface area contributed by atoms with Crippen molar-refractivity contribution in [3.05, 3.63) is 29.8 Å². The highest BCUT2D eigenvalue weighted by Crippen LogP contribution is 2.25. The van der Waals surface area contributed by atoms with E-state index >= 15 is 0 Å². The van der Waals surface area contributed by atoms with Gasteiger partial charge in [-0.15, -0.1) is 12.4 Å². The van der Waals surface area contributed by atoms with Crippen molar-refractivity contribution in [2.45, 2.75) is 37.1 Å². The lowest BCUT2D eigenvalue weighted by atomic mass is 10.1. The van der Waals surface area contributed by atoms with Gasteiger partial charge in [0.15, 0.2) is 0 Å². The van der Waals surface area contributed by atoms with Crippen LogP contribution >= 0.6 is 12.4 Å². The number of carbonyl (C=O) groups is 1. The first kappa shape index (κ1) is 23.8. The number of benzene rings is 1. The van der Waals surface area contributed by atoms with E-state index in [9.17, 15) is 13.2 Å². The van der Waals surface area contributed by atoms with Gasteiger partial charge in [-0.25, -0.2) is 8.42 Å². The zero-order valence-electron chi connectivity index (χ0n) is 15.9. The Balaban J connectivity index is 0.00000364. The van der Waals surface area contributed by atoms with Crippen LogP contribution < -0.4 is 10.6 Å². The molecule has 1 aromatic carbocycles. The quantitative estimate of drug-likeness (QED) is 0.594. The first-order chi connectivity index (χ1) is 12.5. The molecular weight excluding hydrogens is 390 g/mol. The van der Waals surface area contributed by atoms with Gasteiger partial charge < -0.3 is 15.4 Å². The number of nitrogens with zero attached hydrogens (tertiary/aromatic N) is 1. The zero-order chi connectivity index (χ0) is 19.0. The molecule has 1 unspecified atom stereocenters. The van der Waals surface area contributed by atoms with Crippen molar-refractivity contribution in [3.8, 4) is 0 Å². The summed E-state index contributed by atoms with van der Waals surface area (Å²) in [6, 6.07) is 6.26. The van der Waals surface area contributed by atoms with Crippen molar-refractivity contribution in [2.75, 3.05) is 39.9 Å². The maximum Gasteiger partial charge on any atom is 0.251 e. The van der Waals surface area contributed by atoms with Crippen LogP contribution in [0.2, 0.25) is 0 Å². The molecular formula is C18H30ClN3O4S. The van der Waals surface area contributed by atoms with E-state index in [4.69, 9.17) is 4.74 Å². The van der Waals surface area contributed by atoms with Gasteiger partial charge in [0.25, 0.3) is 5.91 Å². The summed E-state index contributed by atoms with van der Waals surface area (Å²) in [5, 5.41) is 5.93. The smallest absolute Gasteiger partial charge is 0.251 e. The third-order valence-electron chi connectivity index (χ3n) is 4.52. The molecule has 1 saturated heterocycles. The number of halogens is 1. The van der Waals surface area contributed by atoms with Crippen LogP contribution in [0.4, 0.5) is 0 Å². The summed E-state index contributed by atoms with van der Waals surface area (Å²) in [4.78, 5) is 12.5. The predicted octanol–water partition coefficient (Wildman–Crippen LogP) is 1.64. The lowest BCUT2D eigenvalue weighted by Crippen LogP contribution is -2.42. The second-order valence-electron chi connectivity index (χ2n) is 6.49. The minimum Gasteiger partial charge on any atom is -0.383 e. The van der Waals surface area contributed by atoms with Crippen LogP contribution in [0.1, 0.15) is 36.5 Å². The molecule has 0 spiro atoms. The Morgan fingerprint density at radius 1 is 1.26 bits per heavy atom. The number of hydrogen-bond donors (Lipinski definition) is 2. The summed E-state index contributed by atoms with van der Waals surface area (Å²) >= 11 is 0. The molecule has 1 aliphatic heterocycles. The molecule has 0 radical (unpaired) electrons. The third kappa shape index (κ3) is 6.73. The Morgan fingerprint density at radius 2 is 2.04 bits per heavy atom. The van der Waals surface area contributed by atoms with Gasteiger partial charge in [-0.3, -0.25) is 4.79 Å². The van der Waals surface area contributed by atoms with E-state index in [0.29, 0.717) is 38.3 Å². The molecule has 0 aliphatic carbocycles. The molecule has 1 atom stereocenters. The van der Waals surface area contributed by atoms with E-state index in [1.165, 1.54) is 6.07 Å². The lowest BCUT2D eigenvalue weighted by Gasteiger charge is -2.32. The molecule has 154 valence electrons. The van der Waals surface area contributed by atoms with E-state index in [0.717, 1.165) is 19.3 Å². The number of nitrogens with one attached hydrogen (secondary N) is 2. The average molecular weight is 420 g/mol. The van der Waals surface area contributed by atoms with E-state index in [1.807, 2.05) is 6.92 Å². The van der Waals surface area contributed by atoms with Crippen molar-refractivity contribution in [1.29, 1.82) is 0 Å². The number of sulfonamides is 1. The largest absolute Gasteiger partial charge is 0.383 e. The van der Waals surface area contributed by atoms with Gasteiger partial charge in [0.2, 0.25) is 10.0 Å². The Kier molecular flexibility index (Phi) is 10.3. The van der Waals surface area contributed by atoms with Gasteiger partial charge in [-0.05, 0) is 38.0 Å². The van der Waals surface area contributed by atoms with Crippen LogP contribution in [0.3, 0.4) is 0 Å². The van der Waals surface area contributed by atoms with Crippen LogP contribution in [0, 0.1) is 0 Å². The zero-order valence-corrected chi connectivity index (χ0v) is 17.6. The summed E-state index contributed by atoms with van der Waals surface area (Å²) in [5.41, 5.74) is 0.354. The van der Waals surface area contributed by atoms with Gasteiger partial charge >= 0.3 is 0 Å². The van der Waals surface area contributed by atoms with Crippen LogP contribution in [-0.2, 0) is 14.8 Å². The Labute approximate surface area is 168 Å². The second kappa shape index (κ2) is 11.6. The molecule has 9 heteroatoms. The minimum atomic E-state index is -3.58. The first-order valence-corrected chi connectivity index (χ1v) is 10.5. The molecule has 7 nitrogen and oxygen atoms in total. The highest BCUT2D eigenvalue weighted by atomic mass is 35.5. The van der Waals surface area contributed by atoms with E-state index in [1.54, 1.807) is 29.6 Å². The summed E-state index contributed by atoms with van der Waals surface area (Å²) < 4.78 is 32.3. The van der Waals surface area contributed by atoms with Crippen LogP contribution in [0.15, 0.2) is 29.2 Å². The van der Waals surface area contributed by atoms with Gasteiger partial charge in [0.05, 0.1) is 11.5 Å². The van der Waals surface area contributed by atoms with Crippen LogP contribution in [0.5, 0.6) is 0 Å². The molecule has 0 aromatic heterocycles. The summed E-state index contributed by atoms with van der Waals surface area (Å²) in [6.45, 7) is 4.88. The molecule has 1 heterocycles. The molecule has 0 bridgehead atoms. The molecule has 27 heavy (non-hydrogen) atoms. The van der Waals surface area contributed by atoms with Gasteiger partial charge in [-0.1, -0.05) is 12.5 Å². The Hall–Kier alpha value is -1.19. The van der Waals surface area contributed by atoms with Crippen molar-refractivity contribution in [2.24, 2.45) is 0 Å². The predicted molar refractivity (Wildman–Crippen MR) is 108 cm³/mol. The normalized spacial score (nSPS) is 17.9. The van der Waals surface area contributed by atoms with Gasteiger partial charge in [0.1, 0.15) is 0 Å². The average Bonchev–Trinajstić information content (AvgIpc) is 2.64. The molecule has 2 N–H and O–H groups in total. The van der Waals surface area contributed by atoms with Crippen molar-refractivity contribution >= 4 is 28.3 Å². The van der Waals surface area contributed by atoms with Crippen molar-refractivity contribution in [3.63, 3.8) is 0 Å². The fourth-order valence-electron chi connectivity index (χ4n) is 3.03. The standard InChI is InChI=1S/C18H29N3O4S.ClH/c1-15-6-3-4-12-21(15)26(23,24)17-8-5-7-16(14-17)18(22)20-10-9-19-11-13-25-2;/h5,7-8,14-15,19H,3-4,6,9-13H2,1-2H3,(H,20,22);1H. The molecule has 2 rings (SSSR count). The Bertz CT molecular complexity index is 700. The van der Waals surface area contributed by atoms with Crippen LogP contribution in [0.25, 0.3) is 0 Å². The first-order valence-electron chi connectivity index (χ1n) is 9.06. The maximum absolute atomic E-state index is 12.9. The second-order valence-corrected chi connectivity index (χ2v) is 8.38. The summed E-state index contributed by atoms with van der Waals surface area (Å²) in [5.74, 6) is -0.276. The minimum absolute atomic E-state index is 0. The monoisotopic (exact) mass is 419 g/mol. The molecule has 1 aromatic rings. The fraction of sp³-hybridized carbons (Fsp3) is 0.611. The Morgan fingerprint density at radius 3 is 2.74 bits per heavy atom. The van der Waals surface area contributed by atoms with Gasteiger partial charge in [0, 0.05) is 44.9 Å². The number of rotatable bonds is 9. The topological polar surface area (TPSA) is 87.7 Å². The SMILES string of the molecule is COCCNCCNC(=O)c1cccc(S(=O)(=O)N2CCCCC2C)c1.Cl. The highest BCUT2D eigenvalue weighted by molar-refractivity contribution is 7.89. The van der Waals surface area contributed by atoms with Gasteiger partial charge in [-0.2, -0.15) is 4.31 Å². The lowest BCUT2D eigenvalue weighted by molar-refractivity contribution is 0.0953. The number of carbonyl (C=O) groups excluding carboxylic acids is 1. The number of ether oxygens (including phenoxy) is 1. The van der Waals surface area contributed by atoms with E-state index in [2.05, 4.69) is 10.6 Å². The summed E-state index contributed by atoms with van der Waals surface area (Å²) in [6.07, 6.45) is 2.79. The van der Waals surface area contributed by atoms with Crippen molar-refractivity contribution < 1.29 is 17.9 Å². The number of methoxy groups -OCH3 is 1. The molecule has 1 fully saturated rings. The fourth-order valence-corrected chi connectivity index (χ4v) is 4.77.